The maximum Gasteiger partial charge on any atom is 0.144 e. The van der Waals surface area contributed by atoms with Crippen molar-refractivity contribution in [1.29, 1.82) is 0 Å². The van der Waals surface area contributed by atoms with Gasteiger partial charge in [0.15, 0.2) is 0 Å². The molecule has 2 nitrogen and oxygen atoms in total. The standard InChI is InChI=1S/C14H11FN2/c1-10-3-2-8-17-13(10)9-16-14(17)11-4-6-12(15)7-5-11/h2-9H,1H3. The van der Waals surface area contributed by atoms with Gasteiger partial charge in [-0.3, -0.25) is 4.40 Å². The van der Waals surface area contributed by atoms with E-state index in [2.05, 4.69) is 4.98 Å². The van der Waals surface area contributed by atoms with Crippen LogP contribution in [0.1, 0.15) is 5.56 Å². The number of hydrogen-bond acceptors (Lipinski definition) is 1. The van der Waals surface area contributed by atoms with E-state index in [-0.39, 0.29) is 5.82 Å². The Morgan fingerprint density at radius 3 is 2.65 bits per heavy atom. The smallest absolute Gasteiger partial charge is 0.144 e. The summed E-state index contributed by atoms with van der Waals surface area (Å²) < 4.78 is 14.9. The van der Waals surface area contributed by atoms with Crippen LogP contribution in [0, 0.1) is 12.7 Å². The third-order valence-electron chi connectivity index (χ3n) is 2.88. The number of aryl methyl sites for hydroxylation is 1. The van der Waals surface area contributed by atoms with E-state index in [0.29, 0.717) is 0 Å². The monoisotopic (exact) mass is 226 g/mol. The summed E-state index contributed by atoms with van der Waals surface area (Å²) in [5.74, 6) is 0.606. The van der Waals surface area contributed by atoms with E-state index < -0.39 is 0 Å². The molecule has 0 aliphatic rings. The summed E-state index contributed by atoms with van der Waals surface area (Å²) in [7, 11) is 0. The van der Waals surface area contributed by atoms with Gasteiger partial charge in [-0.15, -0.1) is 0 Å². The molecule has 0 saturated carbocycles. The molecular formula is C14H11FN2. The number of halogens is 1. The lowest BCUT2D eigenvalue weighted by molar-refractivity contribution is 0.628. The minimum Gasteiger partial charge on any atom is -0.300 e. The molecule has 0 N–H and O–H groups in total. The van der Waals surface area contributed by atoms with Gasteiger partial charge < -0.3 is 0 Å². The summed E-state index contributed by atoms with van der Waals surface area (Å²) in [5, 5.41) is 0. The molecule has 0 aliphatic carbocycles. The number of pyridine rings is 1. The zero-order chi connectivity index (χ0) is 11.8. The number of fused-ring (bicyclic) bond motifs is 1. The van der Waals surface area contributed by atoms with Gasteiger partial charge in [0.25, 0.3) is 0 Å². The number of nitrogens with zero attached hydrogens (tertiary/aromatic N) is 2. The van der Waals surface area contributed by atoms with Crippen LogP contribution in [0.4, 0.5) is 4.39 Å². The summed E-state index contributed by atoms with van der Waals surface area (Å²) in [6, 6.07) is 10.4. The van der Waals surface area contributed by atoms with Gasteiger partial charge in [-0.05, 0) is 42.8 Å². The zero-order valence-corrected chi connectivity index (χ0v) is 9.39. The highest BCUT2D eigenvalue weighted by Crippen LogP contribution is 2.21. The molecule has 0 unspecified atom stereocenters. The van der Waals surface area contributed by atoms with Crippen molar-refractivity contribution in [2.24, 2.45) is 0 Å². The molecule has 0 amide bonds. The van der Waals surface area contributed by atoms with Crippen LogP contribution in [0.25, 0.3) is 16.9 Å². The van der Waals surface area contributed by atoms with Gasteiger partial charge in [0.2, 0.25) is 0 Å². The topological polar surface area (TPSA) is 17.3 Å². The fraction of sp³-hybridized carbons (Fsp3) is 0.0714. The van der Waals surface area contributed by atoms with E-state index in [4.69, 9.17) is 0 Å². The number of rotatable bonds is 1. The van der Waals surface area contributed by atoms with Crippen molar-refractivity contribution in [3.63, 3.8) is 0 Å². The molecule has 3 heteroatoms. The molecule has 2 aromatic heterocycles. The van der Waals surface area contributed by atoms with Crippen molar-refractivity contribution in [1.82, 2.24) is 9.38 Å². The Bertz CT molecular complexity index is 668. The molecule has 1 aromatic carbocycles. The Morgan fingerprint density at radius 1 is 1.12 bits per heavy atom. The summed E-state index contributed by atoms with van der Waals surface area (Å²) in [4.78, 5) is 4.40. The predicted octanol–water partition coefficient (Wildman–Crippen LogP) is 3.45. The maximum atomic E-state index is 12.9. The van der Waals surface area contributed by atoms with Gasteiger partial charge in [-0.2, -0.15) is 0 Å². The molecule has 0 radical (unpaired) electrons. The highest BCUT2D eigenvalue weighted by atomic mass is 19.1. The van der Waals surface area contributed by atoms with Crippen LogP contribution in [0.3, 0.4) is 0 Å². The van der Waals surface area contributed by atoms with Gasteiger partial charge in [0.05, 0.1) is 11.7 Å². The minimum atomic E-state index is -0.231. The van der Waals surface area contributed by atoms with Crippen LogP contribution in [0.2, 0.25) is 0 Å². The first kappa shape index (κ1) is 10.0. The molecule has 0 fully saturated rings. The first-order valence-corrected chi connectivity index (χ1v) is 5.44. The van der Waals surface area contributed by atoms with Crippen LogP contribution < -0.4 is 0 Å². The number of imidazole rings is 1. The highest BCUT2D eigenvalue weighted by Gasteiger charge is 2.07. The fourth-order valence-electron chi connectivity index (χ4n) is 1.97. The highest BCUT2D eigenvalue weighted by molar-refractivity contribution is 5.64. The molecule has 0 spiro atoms. The van der Waals surface area contributed by atoms with Gasteiger partial charge >= 0.3 is 0 Å². The summed E-state index contributed by atoms with van der Waals surface area (Å²) in [5.41, 5.74) is 3.16. The third-order valence-corrected chi connectivity index (χ3v) is 2.88. The van der Waals surface area contributed by atoms with E-state index in [1.807, 2.05) is 35.9 Å². The van der Waals surface area contributed by atoms with Crippen molar-refractivity contribution >= 4 is 5.52 Å². The lowest BCUT2D eigenvalue weighted by Crippen LogP contribution is -1.90. The Hall–Kier alpha value is -2.16. The second kappa shape index (κ2) is 3.70. The van der Waals surface area contributed by atoms with Crippen LogP contribution in [0.5, 0.6) is 0 Å². The molecule has 3 rings (SSSR count). The van der Waals surface area contributed by atoms with Crippen LogP contribution >= 0.6 is 0 Å². The fourth-order valence-corrected chi connectivity index (χ4v) is 1.97. The van der Waals surface area contributed by atoms with Crippen molar-refractivity contribution in [2.75, 3.05) is 0 Å². The lowest BCUT2D eigenvalue weighted by Gasteiger charge is -2.02. The molecule has 84 valence electrons. The van der Waals surface area contributed by atoms with Crippen LogP contribution in [0.15, 0.2) is 48.8 Å². The van der Waals surface area contributed by atoms with Gasteiger partial charge in [0.1, 0.15) is 11.6 Å². The van der Waals surface area contributed by atoms with Gasteiger partial charge in [-0.1, -0.05) is 6.07 Å². The Kier molecular flexibility index (Phi) is 2.18. The zero-order valence-electron chi connectivity index (χ0n) is 9.39. The van der Waals surface area contributed by atoms with E-state index in [0.717, 1.165) is 16.9 Å². The minimum absolute atomic E-state index is 0.231. The van der Waals surface area contributed by atoms with E-state index in [9.17, 15) is 4.39 Å². The van der Waals surface area contributed by atoms with Crippen LogP contribution in [-0.4, -0.2) is 9.38 Å². The molecule has 17 heavy (non-hydrogen) atoms. The SMILES string of the molecule is Cc1cccn2c(-c3ccc(F)cc3)ncc12. The first-order chi connectivity index (χ1) is 8.25. The third kappa shape index (κ3) is 1.60. The van der Waals surface area contributed by atoms with Crippen molar-refractivity contribution in [3.05, 3.63) is 60.2 Å². The lowest BCUT2D eigenvalue weighted by atomic mass is 10.2. The Balaban J connectivity index is 2.24. The maximum absolute atomic E-state index is 12.9. The second-order valence-electron chi connectivity index (χ2n) is 4.04. The Morgan fingerprint density at radius 2 is 1.88 bits per heavy atom. The normalized spacial score (nSPS) is 10.9. The first-order valence-electron chi connectivity index (χ1n) is 5.44. The van der Waals surface area contributed by atoms with Crippen LogP contribution in [-0.2, 0) is 0 Å². The summed E-state index contributed by atoms with van der Waals surface area (Å²) in [6.45, 7) is 2.05. The number of hydrogen-bond donors (Lipinski definition) is 0. The second-order valence-corrected chi connectivity index (χ2v) is 4.04. The Labute approximate surface area is 98.4 Å². The van der Waals surface area contributed by atoms with Gasteiger partial charge in [-0.25, -0.2) is 9.37 Å². The van der Waals surface area contributed by atoms with Crippen molar-refractivity contribution < 1.29 is 4.39 Å². The predicted molar refractivity (Wildman–Crippen MR) is 65.3 cm³/mol. The summed E-state index contributed by atoms with van der Waals surface area (Å²) >= 11 is 0. The molecule has 3 aromatic rings. The molecule has 0 bridgehead atoms. The van der Waals surface area contributed by atoms with Crippen molar-refractivity contribution in [2.45, 2.75) is 6.92 Å². The van der Waals surface area contributed by atoms with E-state index in [1.54, 1.807) is 12.1 Å². The quantitative estimate of drug-likeness (QED) is 0.621. The molecule has 0 atom stereocenters. The average Bonchev–Trinajstić information content (AvgIpc) is 2.75. The number of aromatic nitrogens is 2. The molecule has 0 saturated heterocycles. The molecule has 2 heterocycles. The van der Waals surface area contributed by atoms with Gasteiger partial charge in [0, 0.05) is 11.8 Å². The average molecular weight is 226 g/mol. The molecule has 0 aliphatic heterocycles. The molecular weight excluding hydrogens is 215 g/mol. The largest absolute Gasteiger partial charge is 0.300 e. The van der Waals surface area contributed by atoms with E-state index in [1.165, 1.54) is 17.7 Å². The number of benzene rings is 1. The summed E-state index contributed by atoms with van der Waals surface area (Å²) in [6.07, 6.45) is 3.81. The van der Waals surface area contributed by atoms with E-state index >= 15 is 0 Å². The van der Waals surface area contributed by atoms with Crippen molar-refractivity contribution in [3.8, 4) is 11.4 Å².